The standard InChI is InChI=1S/C12H13BrN2O2/c1-3-15-10-5-4-8(13)6-9(10)11(12(15)17)14-7(2)16/h4-6,11H,3H2,1-2H3,(H,14,16)/t11-/m0/s1. The van der Waals surface area contributed by atoms with Gasteiger partial charge in [-0.3, -0.25) is 9.59 Å². The second-order valence-corrected chi connectivity index (χ2v) is 4.83. The number of nitrogens with one attached hydrogen (secondary N) is 1. The van der Waals surface area contributed by atoms with Gasteiger partial charge < -0.3 is 10.2 Å². The van der Waals surface area contributed by atoms with Gasteiger partial charge in [-0.15, -0.1) is 0 Å². The third-order valence-corrected chi connectivity index (χ3v) is 3.26. The maximum absolute atomic E-state index is 12.1. The summed E-state index contributed by atoms with van der Waals surface area (Å²) < 4.78 is 0.900. The zero-order valence-electron chi connectivity index (χ0n) is 9.66. The summed E-state index contributed by atoms with van der Waals surface area (Å²) >= 11 is 3.38. The minimum Gasteiger partial charge on any atom is -0.341 e. The number of rotatable bonds is 2. The number of carbonyl (C=O) groups excluding carboxylic acids is 2. The molecule has 0 aliphatic carbocycles. The van der Waals surface area contributed by atoms with Crippen LogP contribution in [-0.4, -0.2) is 18.4 Å². The van der Waals surface area contributed by atoms with E-state index in [9.17, 15) is 9.59 Å². The topological polar surface area (TPSA) is 49.4 Å². The van der Waals surface area contributed by atoms with Crippen LogP contribution in [0.15, 0.2) is 22.7 Å². The first kappa shape index (κ1) is 12.1. The van der Waals surface area contributed by atoms with Gasteiger partial charge in [0.25, 0.3) is 5.91 Å². The van der Waals surface area contributed by atoms with E-state index < -0.39 is 6.04 Å². The first-order valence-corrected chi connectivity index (χ1v) is 6.21. The van der Waals surface area contributed by atoms with Crippen molar-refractivity contribution in [3.8, 4) is 0 Å². The SMILES string of the molecule is CCN1C(=O)[C@@H](NC(C)=O)c2cc(Br)ccc21. The molecule has 1 aliphatic heterocycles. The van der Waals surface area contributed by atoms with Crippen molar-refractivity contribution in [1.29, 1.82) is 0 Å². The van der Waals surface area contributed by atoms with Gasteiger partial charge >= 0.3 is 0 Å². The summed E-state index contributed by atoms with van der Waals surface area (Å²) in [5, 5.41) is 2.69. The Hall–Kier alpha value is -1.36. The minimum absolute atomic E-state index is 0.0733. The van der Waals surface area contributed by atoms with Gasteiger partial charge in [-0.1, -0.05) is 15.9 Å². The molecule has 90 valence electrons. The van der Waals surface area contributed by atoms with E-state index in [0.29, 0.717) is 6.54 Å². The van der Waals surface area contributed by atoms with Crippen molar-refractivity contribution < 1.29 is 9.59 Å². The van der Waals surface area contributed by atoms with E-state index in [1.807, 2.05) is 25.1 Å². The number of carbonyl (C=O) groups is 2. The molecule has 1 aromatic rings. The van der Waals surface area contributed by atoms with Gasteiger partial charge in [0.05, 0.1) is 0 Å². The molecule has 0 saturated carbocycles. The Labute approximate surface area is 108 Å². The predicted molar refractivity (Wildman–Crippen MR) is 68.7 cm³/mol. The van der Waals surface area contributed by atoms with Crippen LogP contribution in [0.25, 0.3) is 0 Å². The maximum Gasteiger partial charge on any atom is 0.254 e. The highest BCUT2D eigenvalue weighted by molar-refractivity contribution is 9.10. The van der Waals surface area contributed by atoms with Crippen molar-refractivity contribution in [1.82, 2.24) is 5.32 Å². The highest BCUT2D eigenvalue weighted by Crippen LogP contribution is 2.37. The Balaban J connectivity index is 2.47. The zero-order valence-corrected chi connectivity index (χ0v) is 11.2. The number of hydrogen-bond donors (Lipinski definition) is 1. The molecule has 0 aromatic heterocycles. The molecule has 1 heterocycles. The van der Waals surface area contributed by atoms with Crippen molar-refractivity contribution in [2.45, 2.75) is 19.9 Å². The number of nitrogens with zero attached hydrogens (tertiary/aromatic N) is 1. The molecule has 0 radical (unpaired) electrons. The normalized spacial score (nSPS) is 18.2. The Bertz CT molecular complexity index is 487. The summed E-state index contributed by atoms with van der Waals surface area (Å²) in [6.07, 6.45) is 0. The fraction of sp³-hybridized carbons (Fsp3) is 0.333. The molecule has 4 nitrogen and oxygen atoms in total. The van der Waals surface area contributed by atoms with Crippen molar-refractivity contribution in [3.05, 3.63) is 28.2 Å². The lowest BCUT2D eigenvalue weighted by Crippen LogP contribution is -2.36. The molecule has 1 atom stereocenters. The quantitative estimate of drug-likeness (QED) is 0.907. The second kappa shape index (κ2) is 4.49. The minimum atomic E-state index is -0.556. The van der Waals surface area contributed by atoms with Gasteiger partial charge in [0.15, 0.2) is 0 Å². The average molecular weight is 297 g/mol. The van der Waals surface area contributed by atoms with Gasteiger partial charge in [-0.05, 0) is 25.1 Å². The van der Waals surface area contributed by atoms with Crippen LogP contribution in [0.3, 0.4) is 0 Å². The van der Waals surface area contributed by atoms with Crippen LogP contribution in [0.4, 0.5) is 5.69 Å². The molecule has 0 bridgehead atoms. The third-order valence-electron chi connectivity index (χ3n) is 2.77. The Kier molecular flexibility index (Phi) is 3.19. The summed E-state index contributed by atoms with van der Waals surface area (Å²) in [7, 11) is 0. The van der Waals surface area contributed by atoms with Crippen molar-refractivity contribution >= 4 is 33.4 Å². The number of benzene rings is 1. The molecule has 2 rings (SSSR count). The van der Waals surface area contributed by atoms with E-state index in [4.69, 9.17) is 0 Å². The lowest BCUT2D eigenvalue weighted by molar-refractivity contribution is -0.126. The van der Waals surface area contributed by atoms with Crippen LogP contribution in [-0.2, 0) is 9.59 Å². The monoisotopic (exact) mass is 296 g/mol. The zero-order chi connectivity index (χ0) is 12.6. The van der Waals surface area contributed by atoms with Crippen molar-refractivity contribution in [2.75, 3.05) is 11.4 Å². The summed E-state index contributed by atoms with van der Waals surface area (Å²) in [5.74, 6) is -0.275. The highest BCUT2D eigenvalue weighted by atomic mass is 79.9. The Morgan fingerprint density at radius 2 is 2.24 bits per heavy atom. The molecule has 0 spiro atoms. The molecule has 0 fully saturated rings. The molecule has 0 saturated heterocycles. The predicted octanol–water partition coefficient (Wildman–Crippen LogP) is 1.99. The van der Waals surface area contributed by atoms with Crippen molar-refractivity contribution in [3.63, 3.8) is 0 Å². The van der Waals surface area contributed by atoms with Crippen LogP contribution in [0, 0.1) is 0 Å². The first-order valence-electron chi connectivity index (χ1n) is 5.42. The number of fused-ring (bicyclic) bond motifs is 1. The maximum atomic E-state index is 12.1. The van der Waals surface area contributed by atoms with Crippen LogP contribution in [0.1, 0.15) is 25.5 Å². The van der Waals surface area contributed by atoms with Gasteiger partial charge in [0, 0.05) is 29.2 Å². The summed E-state index contributed by atoms with van der Waals surface area (Å²) in [6.45, 7) is 3.93. The summed E-state index contributed by atoms with van der Waals surface area (Å²) in [5.41, 5.74) is 1.72. The second-order valence-electron chi connectivity index (χ2n) is 3.92. The molecule has 2 amide bonds. The number of anilines is 1. The van der Waals surface area contributed by atoms with Gasteiger partial charge in [-0.2, -0.15) is 0 Å². The number of likely N-dealkylation sites (N-methyl/N-ethyl adjacent to an activating group) is 1. The Morgan fingerprint density at radius 1 is 1.53 bits per heavy atom. The fourth-order valence-electron chi connectivity index (χ4n) is 2.08. The average Bonchev–Trinajstić information content (AvgIpc) is 2.51. The fourth-order valence-corrected chi connectivity index (χ4v) is 2.46. The molecule has 1 N–H and O–H groups in total. The van der Waals surface area contributed by atoms with E-state index in [1.54, 1.807) is 4.90 Å². The summed E-state index contributed by atoms with van der Waals surface area (Å²) in [6, 6.07) is 5.11. The molecule has 0 unspecified atom stereocenters. The number of halogens is 1. The van der Waals surface area contributed by atoms with E-state index >= 15 is 0 Å². The van der Waals surface area contributed by atoms with Crippen LogP contribution in [0.2, 0.25) is 0 Å². The smallest absolute Gasteiger partial charge is 0.254 e. The molecule has 1 aromatic carbocycles. The van der Waals surface area contributed by atoms with E-state index in [2.05, 4.69) is 21.2 Å². The van der Waals surface area contributed by atoms with E-state index in [-0.39, 0.29) is 11.8 Å². The van der Waals surface area contributed by atoms with E-state index in [1.165, 1.54) is 6.92 Å². The first-order chi connectivity index (χ1) is 8.04. The molecular weight excluding hydrogens is 284 g/mol. The molecule has 5 heteroatoms. The van der Waals surface area contributed by atoms with Crippen LogP contribution < -0.4 is 10.2 Å². The van der Waals surface area contributed by atoms with Gasteiger partial charge in [-0.25, -0.2) is 0 Å². The number of hydrogen-bond acceptors (Lipinski definition) is 2. The largest absolute Gasteiger partial charge is 0.341 e. The Morgan fingerprint density at radius 3 is 2.82 bits per heavy atom. The number of amides is 2. The highest BCUT2D eigenvalue weighted by Gasteiger charge is 2.36. The summed E-state index contributed by atoms with van der Waals surface area (Å²) in [4.78, 5) is 25.0. The molecule has 17 heavy (non-hydrogen) atoms. The lowest BCUT2D eigenvalue weighted by atomic mass is 10.1. The van der Waals surface area contributed by atoms with Crippen LogP contribution >= 0.6 is 15.9 Å². The lowest BCUT2D eigenvalue weighted by Gasteiger charge is -2.15. The van der Waals surface area contributed by atoms with E-state index in [0.717, 1.165) is 15.7 Å². The molecular formula is C12H13BrN2O2. The third kappa shape index (κ3) is 2.07. The van der Waals surface area contributed by atoms with Crippen LogP contribution in [0.5, 0.6) is 0 Å². The molecule has 1 aliphatic rings. The van der Waals surface area contributed by atoms with Crippen molar-refractivity contribution in [2.24, 2.45) is 0 Å². The van der Waals surface area contributed by atoms with Gasteiger partial charge in [0.2, 0.25) is 5.91 Å². The van der Waals surface area contributed by atoms with Gasteiger partial charge in [0.1, 0.15) is 6.04 Å².